The van der Waals surface area contributed by atoms with Crippen molar-refractivity contribution in [1.29, 1.82) is 0 Å². The third-order valence-corrected chi connectivity index (χ3v) is 3.64. The third kappa shape index (κ3) is 2.38. The van der Waals surface area contributed by atoms with Crippen LogP contribution in [0, 0.1) is 12.8 Å². The molecule has 0 aliphatic heterocycles. The molecule has 1 rings (SSSR count). The Kier molecular flexibility index (Phi) is 3.75. The molecule has 0 aliphatic carbocycles. The molecule has 1 unspecified atom stereocenters. The standard InChI is InChI=1S/C10H19N3S/c1-5-7(2)6-13(4)10-8(3)9(11)12-14-10/h7H,5-6H2,1-4H3,(H2,11,12). The van der Waals surface area contributed by atoms with Crippen LogP contribution in [0.3, 0.4) is 0 Å². The molecule has 1 atom stereocenters. The van der Waals surface area contributed by atoms with Crippen LogP contribution in [-0.4, -0.2) is 18.0 Å². The van der Waals surface area contributed by atoms with Crippen molar-refractivity contribution >= 4 is 22.4 Å². The lowest BCUT2D eigenvalue weighted by Gasteiger charge is -2.21. The fourth-order valence-electron chi connectivity index (χ4n) is 1.37. The van der Waals surface area contributed by atoms with E-state index >= 15 is 0 Å². The summed E-state index contributed by atoms with van der Waals surface area (Å²) in [6.07, 6.45) is 1.21. The van der Waals surface area contributed by atoms with E-state index in [1.54, 1.807) is 0 Å². The SMILES string of the molecule is CCC(C)CN(C)c1snc(N)c1C. The molecule has 2 N–H and O–H groups in total. The minimum Gasteiger partial charge on any atom is -0.383 e. The van der Waals surface area contributed by atoms with E-state index in [9.17, 15) is 0 Å². The van der Waals surface area contributed by atoms with Gasteiger partial charge in [-0.2, -0.15) is 4.37 Å². The number of rotatable bonds is 4. The summed E-state index contributed by atoms with van der Waals surface area (Å²) < 4.78 is 4.15. The highest BCUT2D eigenvalue weighted by Crippen LogP contribution is 2.29. The topological polar surface area (TPSA) is 42.2 Å². The minimum atomic E-state index is 0.668. The summed E-state index contributed by atoms with van der Waals surface area (Å²) in [7, 11) is 2.10. The Morgan fingerprint density at radius 2 is 2.21 bits per heavy atom. The first-order valence-corrected chi connectivity index (χ1v) is 5.76. The maximum absolute atomic E-state index is 5.71. The maximum Gasteiger partial charge on any atom is 0.142 e. The van der Waals surface area contributed by atoms with E-state index in [-0.39, 0.29) is 0 Å². The molecule has 0 saturated carbocycles. The molecule has 0 bridgehead atoms. The Bertz CT molecular complexity index is 296. The summed E-state index contributed by atoms with van der Waals surface area (Å²) in [6.45, 7) is 7.57. The Hall–Kier alpha value is -0.770. The summed E-state index contributed by atoms with van der Waals surface area (Å²) in [6, 6.07) is 0. The molecule has 14 heavy (non-hydrogen) atoms. The lowest BCUT2D eigenvalue weighted by atomic mass is 10.1. The van der Waals surface area contributed by atoms with Gasteiger partial charge in [-0.3, -0.25) is 0 Å². The zero-order chi connectivity index (χ0) is 10.7. The van der Waals surface area contributed by atoms with Gasteiger partial charge in [0, 0.05) is 19.2 Å². The van der Waals surface area contributed by atoms with Crippen molar-refractivity contribution in [3.8, 4) is 0 Å². The van der Waals surface area contributed by atoms with Gasteiger partial charge in [-0.15, -0.1) is 0 Å². The maximum atomic E-state index is 5.71. The third-order valence-electron chi connectivity index (χ3n) is 2.56. The predicted octanol–water partition coefficient (Wildman–Crippen LogP) is 2.52. The Labute approximate surface area is 90.1 Å². The Balaban J connectivity index is 2.69. The fourth-order valence-corrected chi connectivity index (χ4v) is 2.15. The molecule has 80 valence electrons. The van der Waals surface area contributed by atoms with Crippen LogP contribution in [-0.2, 0) is 0 Å². The second-order valence-corrected chi connectivity index (χ2v) is 4.64. The number of nitrogens with zero attached hydrogens (tertiary/aromatic N) is 2. The highest BCUT2D eigenvalue weighted by Gasteiger charge is 2.12. The second kappa shape index (κ2) is 4.64. The van der Waals surface area contributed by atoms with Gasteiger partial charge in [0.25, 0.3) is 0 Å². The molecule has 0 amide bonds. The average molecular weight is 213 g/mol. The van der Waals surface area contributed by atoms with Crippen molar-refractivity contribution in [2.45, 2.75) is 27.2 Å². The van der Waals surface area contributed by atoms with Gasteiger partial charge in [0.2, 0.25) is 0 Å². The first kappa shape index (κ1) is 11.3. The van der Waals surface area contributed by atoms with Gasteiger partial charge in [-0.25, -0.2) is 0 Å². The summed E-state index contributed by atoms with van der Waals surface area (Å²) in [4.78, 5) is 2.25. The number of anilines is 2. The number of aromatic nitrogens is 1. The van der Waals surface area contributed by atoms with Crippen LogP contribution in [0.25, 0.3) is 0 Å². The molecule has 0 spiro atoms. The van der Waals surface area contributed by atoms with Gasteiger partial charge >= 0.3 is 0 Å². The van der Waals surface area contributed by atoms with Crippen LogP contribution >= 0.6 is 11.5 Å². The molecule has 0 aliphatic rings. The molecule has 0 aromatic carbocycles. The molecule has 0 saturated heterocycles. The molecule has 1 aromatic heterocycles. The highest BCUT2D eigenvalue weighted by molar-refractivity contribution is 7.10. The molecule has 1 aromatic rings. The van der Waals surface area contributed by atoms with Crippen molar-refractivity contribution in [3.05, 3.63) is 5.56 Å². The lowest BCUT2D eigenvalue weighted by Crippen LogP contribution is -2.23. The number of nitrogen functional groups attached to an aromatic ring is 1. The van der Waals surface area contributed by atoms with E-state index in [1.165, 1.54) is 23.0 Å². The van der Waals surface area contributed by atoms with Crippen LogP contribution in [0.15, 0.2) is 0 Å². The van der Waals surface area contributed by atoms with Gasteiger partial charge in [0.1, 0.15) is 10.8 Å². The van der Waals surface area contributed by atoms with Crippen LogP contribution in [0.5, 0.6) is 0 Å². The zero-order valence-electron chi connectivity index (χ0n) is 9.37. The van der Waals surface area contributed by atoms with Crippen LogP contribution in [0.2, 0.25) is 0 Å². The smallest absolute Gasteiger partial charge is 0.142 e. The number of hydrogen-bond donors (Lipinski definition) is 1. The fraction of sp³-hybridized carbons (Fsp3) is 0.700. The monoisotopic (exact) mass is 213 g/mol. The van der Waals surface area contributed by atoms with E-state index in [1.807, 2.05) is 6.92 Å². The molecule has 1 heterocycles. The van der Waals surface area contributed by atoms with Crippen molar-refractivity contribution in [2.75, 3.05) is 24.2 Å². The van der Waals surface area contributed by atoms with E-state index in [4.69, 9.17) is 5.73 Å². The van der Waals surface area contributed by atoms with Crippen molar-refractivity contribution < 1.29 is 0 Å². The summed E-state index contributed by atoms with van der Waals surface area (Å²) in [5.41, 5.74) is 6.83. The largest absolute Gasteiger partial charge is 0.383 e. The van der Waals surface area contributed by atoms with Gasteiger partial charge < -0.3 is 10.6 Å². The van der Waals surface area contributed by atoms with Crippen molar-refractivity contribution in [2.24, 2.45) is 5.92 Å². The highest BCUT2D eigenvalue weighted by atomic mass is 32.1. The normalized spacial score (nSPS) is 12.9. The molecule has 4 heteroatoms. The van der Waals surface area contributed by atoms with Crippen LogP contribution in [0.4, 0.5) is 10.8 Å². The van der Waals surface area contributed by atoms with Gasteiger partial charge in [0.15, 0.2) is 0 Å². The van der Waals surface area contributed by atoms with Gasteiger partial charge in [-0.1, -0.05) is 20.3 Å². The minimum absolute atomic E-state index is 0.668. The van der Waals surface area contributed by atoms with E-state index in [2.05, 4.69) is 30.2 Å². The number of nitrogens with two attached hydrogens (primary N) is 1. The van der Waals surface area contributed by atoms with E-state index in [0.717, 1.165) is 12.1 Å². The summed E-state index contributed by atoms with van der Waals surface area (Å²) in [5.74, 6) is 1.38. The Morgan fingerprint density at radius 3 is 2.64 bits per heavy atom. The summed E-state index contributed by atoms with van der Waals surface area (Å²) in [5, 5.41) is 1.20. The van der Waals surface area contributed by atoms with Crippen LogP contribution in [0.1, 0.15) is 25.8 Å². The van der Waals surface area contributed by atoms with Crippen molar-refractivity contribution in [3.63, 3.8) is 0 Å². The van der Waals surface area contributed by atoms with E-state index in [0.29, 0.717) is 11.7 Å². The first-order chi connectivity index (χ1) is 6.56. The number of hydrogen-bond acceptors (Lipinski definition) is 4. The van der Waals surface area contributed by atoms with E-state index < -0.39 is 0 Å². The lowest BCUT2D eigenvalue weighted by molar-refractivity contribution is 0.561. The quantitative estimate of drug-likeness (QED) is 0.835. The van der Waals surface area contributed by atoms with Gasteiger partial charge in [-0.05, 0) is 24.4 Å². The van der Waals surface area contributed by atoms with Gasteiger partial charge in [0.05, 0.1) is 0 Å². The second-order valence-electron chi connectivity index (χ2n) is 3.89. The molecular formula is C10H19N3S. The molecule has 0 radical (unpaired) electrons. The molecular weight excluding hydrogens is 194 g/mol. The Morgan fingerprint density at radius 1 is 1.57 bits per heavy atom. The zero-order valence-corrected chi connectivity index (χ0v) is 10.2. The summed E-state index contributed by atoms with van der Waals surface area (Å²) >= 11 is 1.49. The average Bonchev–Trinajstić information content (AvgIpc) is 2.47. The predicted molar refractivity (Wildman–Crippen MR) is 64.0 cm³/mol. The van der Waals surface area contributed by atoms with Crippen molar-refractivity contribution in [1.82, 2.24) is 4.37 Å². The van der Waals surface area contributed by atoms with Crippen LogP contribution < -0.4 is 10.6 Å². The first-order valence-electron chi connectivity index (χ1n) is 4.99. The molecule has 3 nitrogen and oxygen atoms in total. The molecule has 0 fully saturated rings.